The number of nitrogens with one attached hydrogen (secondary N) is 1. The summed E-state index contributed by atoms with van der Waals surface area (Å²) in [7, 11) is 0. The van der Waals surface area contributed by atoms with Crippen molar-refractivity contribution < 1.29 is 4.55 Å². The second-order valence-electron chi connectivity index (χ2n) is 4.35. The van der Waals surface area contributed by atoms with Crippen molar-refractivity contribution in [1.29, 1.82) is 0 Å². The lowest BCUT2D eigenvalue weighted by molar-refractivity contribution is 0.599. The van der Waals surface area contributed by atoms with Gasteiger partial charge in [-0.05, 0) is 49.7 Å². The van der Waals surface area contributed by atoms with Crippen LogP contribution in [-0.4, -0.2) is 4.55 Å². The van der Waals surface area contributed by atoms with Gasteiger partial charge in [0.25, 0.3) is 0 Å². The Kier molecular flexibility index (Phi) is 5.10. The van der Waals surface area contributed by atoms with Crippen molar-refractivity contribution in [1.82, 2.24) is 0 Å². The largest absolute Gasteiger partial charge is 0.588 e. The standard InChI is InChI=1S/C14H12Cl3NOS/c1-8-5-10(15)3-4-14(8)20(19)18-11-6-12(16)9(2)13(17)7-11/h3-7,18H,1-2H3. The van der Waals surface area contributed by atoms with Gasteiger partial charge >= 0.3 is 0 Å². The first-order valence-corrected chi connectivity index (χ1v) is 8.07. The molecule has 2 rings (SSSR count). The summed E-state index contributed by atoms with van der Waals surface area (Å²) < 4.78 is 15.2. The summed E-state index contributed by atoms with van der Waals surface area (Å²) in [6.07, 6.45) is 0. The summed E-state index contributed by atoms with van der Waals surface area (Å²) in [4.78, 5) is 0.669. The lowest BCUT2D eigenvalue weighted by atomic mass is 10.2. The van der Waals surface area contributed by atoms with E-state index in [1.54, 1.807) is 30.3 Å². The SMILES string of the molecule is Cc1cc(Cl)ccc1[S+]([O-])Nc1cc(Cl)c(C)c(Cl)c1. The van der Waals surface area contributed by atoms with Crippen molar-refractivity contribution in [3.05, 3.63) is 56.5 Å². The molecule has 0 fully saturated rings. The molecule has 0 aliphatic heterocycles. The average Bonchev–Trinajstić information content (AvgIpc) is 2.35. The molecule has 0 saturated carbocycles. The van der Waals surface area contributed by atoms with Gasteiger partial charge in [0.1, 0.15) is 11.4 Å². The summed E-state index contributed by atoms with van der Waals surface area (Å²) in [6, 6.07) is 8.61. The van der Waals surface area contributed by atoms with Crippen LogP contribution in [-0.2, 0) is 11.4 Å². The number of aryl methyl sites for hydroxylation is 1. The molecule has 0 radical (unpaired) electrons. The molecule has 106 valence electrons. The summed E-state index contributed by atoms with van der Waals surface area (Å²) in [6.45, 7) is 3.69. The molecule has 0 spiro atoms. The maximum Gasteiger partial charge on any atom is 0.182 e. The summed E-state index contributed by atoms with van der Waals surface area (Å²) in [5.41, 5.74) is 2.26. The quantitative estimate of drug-likeness (QED) is 0.754. The smallest absolute Gasteiger partial charge is 0.182 e. The van der Waals surface area contributed by atoms with Crippen molar-refractivity contribution in [3.63, 3.8) is 0 Å². The predicted molar refractivity (Wildman–Crippen MR) is 87.4 cm³/mol. The lowest BCUT2D eigenvalue weighted by Crippen LogP contribution is -2.14. The minimum absolute atomic E-state index is 0.532. The number of hydrogen-bond donors (Lipinski definition) is 1. The van der Waals surface area contributed by atoms with Crippen molar-refractivity contribution >= 4 is 51.9 Å². The highest BCUT2D eigenvalue weighted by molar-refractivity contribution is 7.92. The van der Waals surface area contributed by atoms with E-state index < -0.39 is 11.4 Å². The van der Waals surface area contributed by atoms with Crippen LogP contribution >= 0.6 is 34.8 Å². The van der Waals surface area contributed by atoms with Crippen LogP contribution in [0, 0.1) is 13.8 Å². The third-order valence-electron chi connectivity index (χ3n) is 2.83. The zero-order chi connectivity index (χ0) is 14.9. The fourth-order valence-electron chi connectivity index (χ4n) is 1.69. The first kappa shape index (κ1) is 15.8. The zero-order valence-corrected chi connectivity index (χ0v) is 13.9. The maximum atomic E-state index is 12.3. The van der Waals surface area contributed by atoms with Gasteiger partial charge in [-0.25, -0.2) is 4.72 Å². The minimum atomic E-state index is -1.40. The van der Waals surface area contributed by atoms with Crippen molar-refractivity contribution in [2.75, 3.05) is 4.72 Å². The molecule has 0 aliphatic rings. The van der Waals surface area contributed by atoms with E-state index in [4.69, 9.17) is 34.8 Å². The second kappa shape index (κ2) is 6.46. The lowest BCUT2D eigenvalue weighted by Gasteiger charge is -2.14. The van der Waals surface area contributed by atoms with Gasteiger partial charge in [0, 0.05) is 20.6 Å². The molecular formula is C14H12Cl3NOS. The number of rotatable bonds is 3. The van der Waals surface area contributed by atoms with Crippen molar-refractivity contribution in [2.24, 2.45) is 0 Å². The Morgan fingerprint density at radius 1 is 1.00 bits per heavy atom. The Bertz CT molecular complexity index is 625. The molecule has 2 aromatic carbocycles. The molecule has 0 aromatic heterocycles. The summed E-state index contributed by atoms with van der Waals surface area (Å²) >= 11 is 16.6. The van der Waals surface area contributed by atoms with E-state index >= 15 is 0 Å². The molecule has 2 aromatic rings. The van der Waals surface area contributed by atoms with E-state index in [-0.39, 0.29) is 0 Å². The highest BCUT2D eigenvalue weighted by Gasteiger charge is 2.16. The maximum absolute atomic E-state index is 12.3. The third kappa shape index (κ3) is 3.54. The third-order valence-corrected chi connectivity index (χ3v) is 5.13. The van der Waals surface area contributed by atoms with Crippen LogP contribution in [0.3, 0.4) is 0 Å². The Hall–Kier alpha value is -0.580. The molecule has 0 amide bonds. The molecule has 2 nitrogen and oxygen atoms in total. The predicted octanol–water partition coefficient (Wildman–Crippen LogP) is 5.40. The van der Waals surface area contributed by atoms with Crippen LogP contribution in [0.2, 0.25) is 15.1 Å². The summed E-state index contributed by atoms with van der Waals surface area (Å²) in [5, 5.41) is 1.68. The topological polar surface area (TPSA) is 35.1 Å². The molecule has 20 heavy (non-hydrogen) atoms. The van der Waals surface area contributed by atoms with Gasteiger partial charge < -0.3 is 4.55 Å². The van der Waals surface area contributed by atoms with E-state index in [9.17, 15) is 4.55 Å². The van der Waals surface area contributed by atoms with Crippen molar-refractivity contribution in [3.8, 4) is 0 Å². The van der Waals surface area contributed by atoms with Crippen LogP contribution in [0.25, 0.3) is 0 Å². The molecule has 1 atom stereocenters. The monoisotopic (exact) mass is 347 g/mol. The van der Waals surface area contributed by atoms with E-state index in [2.05, 4.69) is 4.72 Å². The van der Waals surface area contributed by atoms with Gasteiger partial charge in [-0.15, -0.1) is 0 Å². The average molecular weight is 349 g/mol. The van der Waals surface area contributed by atoms with Crippen LogP contribution in [0.15, 0.2) is 35.2 Å². The molecule has 6 heteroatoms. The molecule has 0 aliphatic carbocycles. The zero-order valence-electron chi connectivity index (χ0n) is 10.8. The molecule has 1 unspecified atom stereocenters. The Labute approximate surface area is 136 Å². The number of anilines is 1. The molecule has 0 heterocycles. The Morgan fingerprint density at radius 2 is 1.60 bits per heavy atom. The van der Waals surface area contributed by atoms with Crippen LogP contribution in [0.1, 0.15) is 11.1 Å². The van der Waals surface area contributed by atoms with Crippen LogP contribution in [0.5, 0.6) is 0 Å². The van der Waals surface area contributed by atoms with Gasteiger partial charge in [-0.3, -0.25) is 0 Å². The van der Waals surface area contributed by atoms with Crippen molar-refractivity contribution in [2.45, 2.75) is 18.7 Å². The first-order valence-electron chi connectivity index (χ1n) is 5.78. The molecule has 0 saturated heterocycles. The van der Waals surface area contributed by atoms with Crippen LogP contribution in [0.4, 0.5) is 5.69 Å². The highest BCUT2D eigenvalue weighted by atomic mass is 35.5. The normalized spacial score (nSPS) is 12.3. The molecular weight excluding hydrogens is 337 g/mol. The van der Waals surface area contributed by atoms with Gasteiger partial charge in [-0.1, -0.05) is 34.8 Å². The van der Waals surface area contributed by atoms with Gasteiger partial charge in [-0.2, -0.15) is 0 Å². The van der Waals surface area contributed by atoms with E-state index in [0.29, 0.717) is 25.7 Å². The van der Waals surface area contributed by atoms with Gasteiger partial charge in [0.15, 0.2) is 4.90 Å². The van der Waals surface area contributed by atoms with Crippen LogP contribution < -0.4 is 4.72 Å². The Balaban J connectivity index is 2.25. The van der Waals surface area contributed by atoms with E-state index in [1.165, 1.54) is 0 Å². The fourth-order valence-corrected chi connectivity index (χ4v) is 3.39. The van der Waals surface area contributed by atoms with Gasteiger partial charge in [0.2, 0.25) is 0 Å². The molecule has 0 bridgehead atoms. The second-order valence-corrected chi connectivity index (χ2v) is 6.78. The number of halogens is 3. The highest BCUT2D eigenvalue weighted by Crippen LogP contribution is 2.30. The first-order chi connectivity index (χ1) is 9.38. The van der Waals surface area contributed by atoms with Gasteiger partial charge in [0.05, 0.1) is 5.69 Å². The fraction of sp³-hybridized carbons (Fsp3) is 0.143. The minimum Gasteiger partial charge on any atom is -0.588 e. The number of hydrogen-bond acceptors (Lipinski definition) is 2. The molecule has 1 N–H and O–H groups in total. The Morgan fingerprint density at radius 3 is 2.15 bits per heavy atom. The van der Waals surface area contributed by atoms with E-state index in [0.717, 1.165) is 11.1 Å². The van der Waals surface area contributed by atoms with E-state index in [1.807, 2.05) is 13.8 Å². The number of benzene rings is 2. The summed E-state index contributed by atoms with van der Waals surface area (Å²) in [5.74, 6) is 0.